The summed E-state index contributed by atoms with van der Waals surface area (Å²) < 4.78 is 22.8. The average Bonchev–Trinajstić information content (AvgIpc) is 2.88. The summed E-state index contributed by atoms with van der Waals surface area (Å²) in [5, 5.41) is 8.33. The lowest BCUT2D eigenvalue weighted by Gasteiger charge is -2.13. The fourth-order valence-electron chi connectivity index (χ4n) is 2.86. The number of nitrogens with two attached hydrogens (primary N) is 2. The summed E-state index contributed by atoms with van der Waals surface area (Å²) >= 11 is 0. The first-order valence-electron chi connectivity index (χ1n) is 7.13. The zero-order valence-electron chi connectivity index (χ0n) is 11.6. The topological polar surface area (TPSA) is 98.2 Å². The van der Waals surface area contributed by atoms with Crippen molar-refractivity contribution in [3.8, 4) is 0 Å². The largest absolute Gasteiger partial charge is 0.396 e. The molecule has 0 unspecified atom stereocenters. The zero-order chi connectivity index (χ0) is 14.6. The van der Waals surface area contributed by atoms with Gasteiger partial charge in [0.2, 0.25) is 10.0 Å². The molecule has 1 saturated carbocycles. The van der Waals surface area contributed by atoms with Gasteiger partial charge in [0.1, 0.15) is 4.90 Å². The molecule has 5 nitrogen and oxygen atoms in total. The number of nitrogens with one attached hydrogen (secondary N) is 1. The highest BCUT2D eigenvalue weighted by molar-refractivity contribution is 7.89. The molecule has 1 aliphatic carbocycles. The van der Waals surface area contributed by atoms with Crippen LogP contribution in [-0.4, -0.2) is 15.0 Å². The Morgan fingerprint density at radius 2 is 1.95 bits per heavy atom. The number of hydrogen-bond donors (Lipinski definition) is 3. The van der Waals surface area contributed by atoms with Gasteiger partial charge in [0.05, 0.1) is 11.4 Å². The van der Waals surface area contributed by atoms with E-state index in [1.165, 1.54) is 38.2 Å². The summed E-state index contributed by atoms with van der Waals surface area (Å²) in [6, 6.07) is 4.85. The third kappa shape index (κ3) is 3.86. The molecule has 5 N–H and O–H groups in total. The van der Waals surface area contributed by atoms with Crippen molar-refractivity contribution in [2.45, 2.75) is 43.4 Å². The molecule has 0 heterocycles. The van der Waals surface area contributed by atoms with Gasteiger partial charge in [-0.25, -0.2) is 13.6 Å². The molecule has 0 aromatic heterocycles. The maximum Gasteiger partial charge on any atom is 0.240 e. The first-order chi connectivity index (χ1) is 9.48. The van der Waals surface area contributed by atoms with Gasteiger partial charge < -0.3 is 11.1 Å². The summed E-state index contributed by atoms with van der Waals surface area (Å²) in [5.41, 5.74) is 6.70. The van der Waals surface area contributed by atoms with E-state index in [0.29, 0.717) is 5.69 Å². The van der Waals surface area contributed by atoms with Crippen molar-refractivity contribution in [2.24, 2.45) is 11.1 Å². The monoisotopic (exact) mass is 297 g/mol. The van der Waals surface area contributed by atoms with Crippen molar-refractivity contribution in [1.82, 2.24) is 0 Å². The van der Waals surface area contributed by atoms with E-state index in [4.69, 9.17) is 10.9 Å². The minimum atomic E-state index is -3.76. The van der Waals surface area contributed by atoms with E-state index in [1.807, 2.05) is 0 Å². The predicted molar refractivity (Wildman–Crippen MR) is 81.9 cm³/mol. The van der Waals surface area contributed by atoms with E-state index in [-0.39, 0.29) is 10.6 Å². The van der Waals surface area contributed by atoms with Gasteiger partial charge in [0.15, 0.2) is 0 Å². The molecule has 0 atom stereocenters. The third-order valence-electron chi connectivity index (χ3n) is 3.95. The summed E-state index contributed by atoms with van der Waals surface area (Å²) in [6.07, 6.45) is 7.72. The zero-order valence-corrected chi connectivity index (χ0v) is 12.5. The summed E-state index contributed by atoms with van der Waals surface area (Å²) in [7, 11) is -3.76. The second-order valence-electron chi connectivity index (χ2n) is 5.48. The SMILES string of the molecule is Nc1c(NCCCC2CCCC2)cccc1S(N)(=O)=O. The van der Waals surface area contributed by atoms with Gasteiger partial charge in [-0.3, -0.25) is 0 Å². The Labute approximate surface area is 120 Å². The normalized spacial score (nSPS) is 16.4. The van der Waals surface area contributed by atoms with Crippen molar-refractivity contribution in [1.29, 1.82) is 0 Å². The van der Waals surface area contributed by atoms with E-state index in [0.717, 1.165) is 18.9 Å². The number of anilines is 2. The van der Waals surface area contributed by atoms with Gasteiger partial charge in [-0.2, -0.15) is 0 Å². The Bertz CT molecular complexity index is 552. The number of nitrogen functional groups attached to an aromatic ring is 1. The Hall–Kier alpha value is -1.27. The second-order valence-corrected chi connectivity index (χ2v) is 7.01. The molecular formula is C14H23N3O2S. The quantitative estimate of drug-likeness (QED) is 0.554. The highest BCUT2D eigenvalue weighted by Gasteiger charge is 2.15. The molecule has 1 aliphatic rings. The molecule has 0 radical (unpaired) electrons. The van der Waals surface area contributed by atoms with Crippen LogP contribution in [0.5, 0.6) is 0 Å². The molecule has 1 aromatic rings. The number of primary sulfonamides is 1. The fourth-order valence-corrected chi connectivity index (χ4v) is 3.54. The lowest BCUT2D eigenvalue weighted by Crippen LogP contribution is -2.15. The van der Waals surface area contributed by atoms with E-state index in [1.54, 1.807) is 12.1 Å². The van der Waals surface area contributed by atoms with E-state index in [2.05, 4.69) is 5.32 Å². The van der Waals surface area contributed by atoms with Gasteiger partial charge in [-0.15, -0.1) is 0 Å². The standard InChI is InChI=1S/C14H23N3O2S/c15-14-12(8-3-9-13(14)20(16,18)19)17-10-4-7-11-5-1-2-6-11/h3,8-9,11,17H,1-2,4-7,10,15H2,(H2,16,18,19). The number of hydrogen-bond acceptors (Lipinski definition) is 4. The molecule has 6 heteroatoms. The van der Waals surface area contributed by atoms with Crippen LogP contribution in [0.1, 0.15) is 38.5 Å². The average molecular weight is 297 g/mol. The maximum absolute atomic E-state index is 11.4. The first kappa shape index (κ1) is 15.1. The van der Waals surface area contributed by atoms with Crippen LogP contribution >= 0.6 is 0 Å². The highest BCUT2D eigenvalue weighted by Crippen LogP contribution is 2.29. The molecule has 0 aliphatic heterocycles. The Morgan fingerprint density at radius 3 is 2.60 bits per heavy atom. The molecule has 112 valence electrons. The van der Waals surface area contributed by atoms with Crippen molar-refractivity contribution in [3.05, 3.63) is 18.2 Å². The van der Waals surface area contributed by atoms with Crippen molar-refractivity contribution in [2.75, 3.05) is 17.6 Å². The lowest BCUT2D eigenvalue weighted by molar-refractivity contribution is 0.491. The van der Waals surface area contributed by atoms with Crippen molar-refractivity contribution >= 4 is 21.4 Å². The van der Waals surface area contributed by atoms with Crippen LogP contribution in [0.15, 0.2) is 23.1 Å². The molecule has 0 amide bonds. The van der Waals surface area contributed by atoms with Gasteiger partial charge >= 0.3 is 0 Å². The molecule has 0 bridgehead atoms. The fraction of sp³-hybridized carbons (Fsp3) is 0.571. The molecule has 0 spiro atoms. The van der Waals surface area contributed by atoms with E-state index < -0.39 is 10.0 Å². The molecule has 1 fully saturated rings. The summed E-state index contributed by atoms with van der Waals surface area (Å²) in [6.45, 7) is 0.800. The van der Waals surface area contributed by atoms with Crippen molar-refractivity contribution in [3.63, 3.8) is 0 Å². The van der Waals surface area contributed by atoms with Gasteiger partial charge in [0.25, 0.3) is 0 Å². The minimum Gasteiger partial charge on any atom is -0.396 e. The van der Waals surface area contributed by atoms with Crippen molar-refractivity contribution < 1.29 is 8.42 Å². The van der Waals surface area contributed by atoms with Crippen LogP contribution < -0.4 is 16.2 Å². The number of para-hydroxylation sites is 1. The van der Waals surface area contributed by atoms with Crippen LogP contribution in [0.3, 0.4) is 0 Å². The van der Waals surface area contributed by atoms with Crippen LogP contribution in [0.25, 0.3) is 0 Å². The molecule has 1 aromatic carbocycles. The lowest BCUT2D eigenvalue weighted by atomic mass is 10.0. The minimum absolute atomic E-state index is 0.0155. The second kappa shape index (κ2) is 6.45. The highest BCUT2D eigenvalue weighted by atomic mass is 32.2. The Kier molecular flexibility index (Phi) is 4.88. The van der Waals surface area contributed by atoms with Crippen LogP contribution in [0.2, 0.25) is 0 Å². The Morgan fingerprint density at radius 1 is 1.25 bits per heavy atom. The number of sulfonamides is 1. The summed E-state index contributed by atoms with van der Waals surface area (Å²) in [5.74, 6) is 0.866. The van der Waals surface area contributed by atoms with Gasteiger partial charge in [0, 0.05) is 6.54 Å². The Balaban J connectivity index is 1.89. The number of rotatable bonds is 6. The molecule has 2 rings (SSSR count). The van der Waals surface area contributed by atoms with E-state index in [9.17, 15) is 8.42 Å². The van der Waals surface area contributed by atoms with Gasteiger partial charge in [-0.05, 0) is 30.9 Å². The third-order valence-corrected chi connectivity index (χ3v) is 4.92. The van der Waals surface area contributed by atoms with Crippen LogP contribution in [0, 0.1) is 5.92 Å². The number of benzene rings is 1. The molecule has 20 heavy (non-hydrogen) atoms. The van der Waals surface area contributed by atoms with E-state index >= 15 is 0 Å². The van der Waals surface area contributed by atoms with Gasteiger partial charge in [-0.1, -0.05) is 31.7 Å². The van der Waals surface area contributed by atoms with Crippen LogP contribution in [0.4, 0.5) is 11.4 Å². The van der Waals surface area contributed by atoms with Crippen LogP contribution in [-0.2, 0) is 10.0 Å². The predicted octanol–water partition coefficient (Wildman–Crippen LogP) is 2.30. The molecular weight excluding hydrogens is 274 g/mol. The smallest absolute Gasteiger partial charge is 0.240 e. The summed E-state index contributed by atoms with van der Waals surface area (Å²) in [4.78, 5) is -0.0155. The first-order valence-corrected chi connectivity index (χ1v) is 8.68. The maximum atomic E-state index is 11.4. The molecule has 0 saturated heterocycles.